The number of ketones is 1. The lowest BCUT2D eigenvalue weighted by Gasteiger charge is -2.04. The van der Waals surface area contributed by atoms with Crippen molar-refractivity contribution in [2.75, 3.05) is 5.75 Å². The highest BCUT2D eigenvalue weighted by Crippen LogP contribution is 2.17. The highest BCUT2D eigenvalue weighted by atomic mass is 32.2. The van der Waals surface area contributed by atoms with Crippen LogP contribution in [0.3, 0.4) is 0 Å². The zero-order chi connectivity index (χ0) is 10.9. The van der Waals surface area contributed by atoms with Crippen LogP contribution in [0.15, 0.2) is 0 Å². The van der Waals surface area contributed by atoms with Crippen molar-refractivity contribution >= 4 is 17.5 Å². The molecule has 13 heavy (non-hydrogen) atoms. The number of carbonyl (C=O) groups is 1. The van der Waals surface area contributed by atoms with Crippen molar-refractivity contribution in [3.8, 4) is 0 Å². The van der Waals surface area contributed by atoms with Crippen molar-refractivity contribution in [1.29, 1.82) is 0 Å². The lowest BCUT2D eigenvalue weighted by atomic mass is 10.2. The van der Waals surface area contributed by atoms with E-state index in [2.05, 4.69) is 12.2 Å². The van der Waals surface area contributed by atoms with Gasteiger partial charge in [-0.15, -0.1) is 11.8 Å². The molecular formula is C10H23NOS. The van der Waals surface area contributed by atoms with Gasteiger partial charge in [0.1, 0.15) is 5.78 Å². The highest BCUT2D eigenvalue weighted by Gasteiger charge is 2.23. The monoisotopic (exact) mass is 205 g/mol. The average molecular weight is 205 g/mol. The predicted molar refractivity (Wildman–Crippen MR) is 62.2 cm³/mol. The number of rotatable bonds is 1. The number of carbonyl (C=O) groups excluding carboxylic acids is 1. The van der Waals surface area contributed by atoms with Crippen molar-refractivity contribution in [2.24, 2.45) is 0 Å². The molecule has 0 saturated carbocycles. The smallest absolute Gasteiger partial charge is 0.147 e. The first-order valence-electron chi connectivity index (χ1n) is 5.08. The van der Waals surface area contributed by atoms with Gasteiger partial charge in [-0.3, -0.25) is 10.1 Å². The van der Waals surface area contributed by atoms with Crippen LogP contribution in [0.2, 0.25) is 0 Å². The molecule has 0 aromatic rings. The Labute approximate surface area is 86.9 Å². The van der Waals surface area contributed by atoms with Crippen LogP contribution in [-0.4, -0.2) is 23.0 Å². The molecule has 1 N–H and O–H groups in total. The summed E-state index contributed by atoms with van der Waals surface area (Å²) in [6.07, 6.45) is 0. The molecule has 2 atom stereocenters. The van der Waals surface area contributed by atoms with E-state index >= 15 is 0 Å². The minimum atomic E-state index is 0.116. The number of hydrogen-bond acceptors (Lipinski definition) is 3. The molecule has 80 valence electrons. The first-order valence-corrected chi connectivity index (χ1v) is 6.13. The van der Waals surface area contributed by atoms with Gasteiger partial charge < -0.3 is 0 Å². The van der Waals surface area contributed by atoms with Gasteiger partial charge in [-0.05, 0) is 13.8 Å². The molecule has 1 rings (SSSR count). The Morgan fingerprint density at radius 3 is 1.92 bits per heavy atom. The summed E-state index contributed by atoms with van der Waals surface area (Å²) in [5.41, 5.74) is 0. The Kier molecular flexibility index (Phi) is 12.0. The molecule has 0 radical (unpaired) electrons. The summed E-state index contributed by atoms with van der Waals surface area (Å²) in [6, 6.07) is 0.116. The molecule has 0 aromatic heterocycles. The summed E-state index contributed by atoms with van der Waals surface area (Å²) in [4.78, 5) is 10.7. The van der Waals surface area contributed by atoms with Crippen LogP contribution < -0.4 is 5.32 Å². The summed E-state index contributed by atoms with van der Waals surface area (Å²) < 4.78 is 0. The van der Waals surface area contributed by atoms with Crippen molar-refractivity contribution in [3.05, 3.63) is 0 Å². The maximum absolute atomic E-state index is 10.7. The molecule has 1 fully saturated rings. The topological polar surface area (TPSA) is 29.1 Å². The van der Waals surface area contributed by atoms with Crippen LogP contribution in [0, 0.1) is 0 Å². The van der Waals surface area contributed by atoms with Crippen molar-refractivity contribution in [1.82, 2.24) is 5.32 Å². The first kappa shape index (κ1) is 15.5. The Balaban J connectivity index is 0. The molecule has 0 bridgehead atoms. The fraction of sp³-hybridized carbons (Fsp3) is 0.900. The summed E-state index contributed by atoms with van der Waals surface area (Å²) in [5, 5.41) is 3.62. The first-order chi connectivity index (χ1) is 6.20. The summed E-state index contributed by atoms with van der Waals surface area (Å²) in [6.45, 7) is 11.7. The van der Waals surface area contributed by atoms with Gasteiger partial charge in [0.25, 0.3) is 0 Å². The van der Waals surface area contributed by atoms with Crippen LogP contribution in [0.1, 0.15) is 41.5 Å². The molecule has 0 spiro atoms. The van der Waals surface area contributed by atoms with Crippen LogP contribution >= 0.6 is 11.8 Å². The molecule has 2 nitrogen and oxygen atoms in total. The zero-order valence-electron chi connectivity index (χ0n) is 9.68. The highest BCUT2D eigenvalue weighted by molar-refractivity contribution is 8.00. The SMILES string of the molecule is CC.CC.CC(=O)C1CSC(C)N1. The zero-order valence-corrected chi connectivity index (χ0v) is 10.5. The largest absolute Gasteiger partial charge is 0.298 e. The fourth-order valence-corrected chi connectivity index (χ4v) is 1.93. The molecule has 3 heteroatoms. The maximum atomic E-state index is 10.7. The van der Waals surface area contributed by atoms with Gasteiger partial charge in [0.05, 0.1) is 11.4 Å². The molecule has 1 saturated heterocycles. The minimum absolute atomic E-state index is 0.116. The van der Waals surface area contributed by atoms with E-state index in [0.717, 1.165) is 5.75 Å². The minimum Gasteiger partial charge on any atom is -0.298 e. The van der Waals surface area contributed by atoms with Gasteiger partial charge in [0.15, 0.2) is 0 Å². The third-order valence-corrected chi connectivity index (χ3v) is 2.60. The van der Waals surface area contributed by atoms with E-state index in [1.54, 1.807) is 18.7 Å². The van der Waals surface area contributed by atoms with E-state index in [1.165, 1.54) is 0 Å². The normalized spacial score (nSPS) is 25.1. The number of nitrogens with one attached hydrogen (secondary N) is 1. The lowest BCUT2D eigenvalue weighted by molar-refractivity contribution is -0.118. The average Bonchev–Trinajstić information content (AvgIpc) is 2.59. The van der Waals surface area contributed by atoms with E-state index in [0.29, 0.717) is 5.37 Å². The van der Waals surface area contributed by atoms with Crippen molar-refractivity contribution < 1.29 is 4.79 Å². The standard InChI is InChI=1S/C6H11NOS.2C2H6/c1-4(8)6-3-9-5(2)7-6;2*1-2/h5-7H,3H2,1-2H3;2*1-2H3. The molecule has 1 aliphatic rings. The van der Waals surface area contributed by atoms with Gasteiger partial charge in [-0.25, -0.2) is 0 Å². The molecule has 0 aliphatic carbocycles. The van der Waals surface area contributed by atoms with Gasteiger partial charge in [0, 0.05) is 5.75 Å². The lowest BCUT2D eigenvalue weighted by Crippen LogP contribution is -2.33. The second-order valence-corrected chi connectivity index (χ2v) is 3.68. The van der Waals surface area contributed by atoms with Crippen LogP contribution in [0.4, 0.5) is 0 Å². The number of Topliss-reactive ketones (excluding diaryl/α,β-unsaturated/α-hetero) is 1. The molecule has 0 amide bonds. The molecule has 1 aliphatic heterocycles. The summed E-state index contributed by atoms with van der Waals surface area (Å²) in [5.74, 6) is 1.20. The molecule has 0 aromatic carbocycles. The Bertz CT molecular complexity index is 128. The summed E-state index contributed by atoms with van der Waals surface area (Å²) in [7, 11) is 0. The second kappa shape index (κ2) is 10.1. The van der Waals surface area contributed by atoms with Crippen molar-refractivity contribution in [3.63, 3.8) is 0 Å². The molecular weight excluding hydrogens is 182 g/mol. The number of thioether (sulfide) groups is 1. The second-order valence-electron chi connectivity index (χ2n) is 2.31. The Hall–Kier alpha value is -0.0200. The third-order valence-electron chi connectivity index (χ3n) is 1.44. The van der Waals surface area contributed by atoms with Gasteiger partial charge in [-0.2, -0.15) is 0 Å². The molecule has 1 heterocycles. The van der Waals surface area contributed by atoms with Gasteiger partial charge in [-0.1, -0.05) is 27.7 Å². The van der Waals surface area contributed by atoms with Gasteiger partial charge >= 0.3 is 0 Å². The Morgan fingerprint density at radius 1 is 1.31 bits per heavy atom. The third kappa shape index (κ3) is 7.08. The fourth-order valence-electron chi connectivity index (χ4n) is 0.855. The predicted octanol–water partition coefficient (Wildman–Crippen LogP) is 2.68. The van der Waals surface area contributed by atoms with Crippen LogP contribution in [0.5, 0.6) is 0 Å². The van der Waals surface area contributed by atoms with E-state index in [1.807, 2.05) is 27.7 Å². The van der Waals surface area contributed by atoms with E-state index in [4.69, 9.17) is 0 Å². The van der Waals surface area contributed by atoms with E-state index < -0.39 is 0 Å². The number of hydrogen-bond donors (Lipinski definition) is 1. The van der Waals surface area contributed by atoms with Gasteiger partial charge in [0.2, 0.25) is 0 Å². The van der Waals surface area contributed by atoms with E-state index in [-0.39, 0.29) is 11.8 Å². The van der Waals surface area contributed by atoms with E-state index in [9.17, 15) is 4.79 Å². The van der Waals surface area contributed by atoms with Crippen molar-refractivity contribution in [2.45, 2.75) is 53.0 Å². The maximum Gasteiger partial charge on any atom is 0.147 e. The quantitative estimate of drug-likeness (QED) is 0.713. The van der Waals surface area contributed by atoms with Crippen LogP contribution in [-0.2, 0) is 4.79 Å². The summed E-state index contributed by atoms with van der Waals surface area (Å²) >= 11 is 1.80. The molecule has 2 unspecified atom stereocenters. The van der Waals surface area contributed by atoms with Crippen LogP contribution in [0.25, 0.3) is 0 Å². The Morgan fingerprint density at radius 2 is 1.77 bits per heavy atom.